The minimum absolute atomic E-state index is 0.162. The molecule has 0 spiro atoms. The molecule has 1 N–H and O–H groups in total. The number of nitrogens with zero attached hydrogens (tertiary/aromatic N) is 2. The Balaban J connectivity index is 2.22. The van der Waals surface area contributed by atoms with Gasteiger partial charge in [-0.25, -0.2) is 4.98 Å². The van der Waals surface area contributed by atoms with E-state index in [-0.39, 0.29) is 6.61 Å². The van der Waals surface area contributed by atoms with E-state index in [0.29, 0.717) is 18.5 Å². The monoisotopic (exact) mass is 240 g/mol. The van der Waals surface area contributed by atoms with E-state index < -0.39 is 0 Å². The van der Waals surface area contributed by atoms with Gasteiger partial charge >= 0.3 is 0 Å². The van der Waals surface area contributed by atoms with Gasteiger partial charge in [-0.1, -0.05) is 6.07 Å². The van der Waals surface area contributed by atoms with Crippen LogP contribution in [0.1, 0.15) is 24.8 Å². The molecule has 4 heteroatoms. The zero-order valence-electron chi connectivity index (χ0n) is 9.27. The summed E-state index contributed by atoms with van der Waals surface area (Å²) in [5.74, 6) is 1.41. The van der Waals surface area contributed by atoms with Crippen molar-refractivity contribution in [1.29, 1.82) is 0 Å². The zero-order valence-corrected chi connectivity index (χ0v) is 10.0. The van der Waals surface area contributed by atoms with Gasteiger partial charge in [-0.05, 0) is 25.3 Å². The Morgan fingerprint density at radius 1 is 1.50 bits per heavy atom. The normalized spacial score (nSPS) is 15.9. The van der Waals surface area contributed by atoms with Gasteiger partial charge in [0.2, 0.25) is 0 Å². The molecule has 0 unspecified atom stereocenters. The summed E-state index contributed by atoms with van der Waals surface area (Å²) in [7, 11) is 0. The Kier molecular flexibility index (Phi) is 4.02. The summed E-state index contributed by atoms with van der Waals surface area (Å²) in [5, 5.41) is 9.13. The van der Waals surface area contributed by atoms with Crippen molar-refractivity contribution in [2.24, 2.45) is 0 Å². The Hall–Kier alpha value is -0.800. The quantitative estimate of drug-likeness (QED) is 0.802. The van der Waals surface area contributed by atoms with Crippen LogP contribution in [0, 0.1) is 0 Å². The van der Waals surface area contributed by atoms with Crippen molar-refractivity contribution >= 4 is 17.4 Å². The van der Waals surface area contributed by atoms with E-state index in [0.717, 1.165) is 11.4 Å². The van der Waals surface area contributed by atoms with Crippen molar-refractivity contribution in [1.82, 2.24) is 4.98 Å². The third-order valence-corrected chi connectivity index (χ3v) is 3.43. The van der Waals surface area contributed by atoms with Crippen molar-refractivity contribution in [3.05, 3.63) is 23.9 Å². The summed E-state index contributed by atoms with van der Waals surface area (Å²) in [5.41, 5.74) is 1.05. The Bertz CT molecular complexity index is 342. The summed E-state index contributed by atoms with van der Waals surface area (Å²) in [6.45, 7) is 0.806. The van der Waals surface area contributed by atoms with Crippen LogP contribution in [0.5, 0.6) is 0 Å². The second-order valence-electron chi connectivity index (χ2n) is 4.12. The number of aromatic nitrogens is 1. The predicted octanol–water partition coefficient (Wildman–Crippen LogP) is 2.17. The van der Waals surface area contributed by atoms with Gasteiger partial charge in [-0.3, -0.25) is 0 Å². The minimum Gasteiger partial charge on any atom is -0.395 e. The van der Waals surface area contributed by atoms with Crippen LogP contribution >= 0.6 is 11.6 Å². The molecule has 1 aromatic heterocycles. The Morgan fingerprint density at radius 3 is 2.88 bits per heavy atom. The number of rotatable bonds is 5. The number of alkyl halides is 1. The molecule has 16 heavy (non-hydrogen) atoms. The summed E-state index contributed by atoms with van der Waals surface area (Å²) < 4.78 is 0. The van der Waals surface area contributed by atoms with Crippen LogP contribution in [0.2, 0.25) is 0 Å². The lowest BCUT2D eigenvalue weighted by Gasteiger charge is -2.38. The first kappa shape index (κ1) is 11.7. The van der Waals surface area contributed by atoms with Gasteiger partial charge in [0.05, 0.1) is 12.5 Å². The molecule has 0 bridgehead atoms. The lowest BCUT2D eigenvalue weighted by Crippen LogP contribution is -2.42. The SMILES string of the molecule is OCCN(c1ncccc1CCl)C1CCC1. The molecule has 2 rings (SSSR count). The summed E-state index contributed by atoms with van der Waals surface area (Å²) in [4.78, 5) is 6.60. The third-order valence-electron chi connectivity index (χ3n) is 3.14. The second-order valence-corrected chi connectivity index (χ2v) is 4.39. The largest absolute Gasteiger partial charge is 0.395 e. The van der Waals surface area contributed by atoms with Gasteiger partial charge in [-0.2, -0.15) is 0 Å². The molecular formula is C12H17ClN2O. The average molecular weight is 241 g/mol. The van der Waals surface area contributed by atoms with Gasteiger partial charge in [0, 0.05) is 24.3 Å². The van der Waals surface area contributed by atoms with Crippen LogP contribution in [-0.4, -0.2) is 29.3 Å². The van der Waals surface area contributed by atoms with Gasteiger partial charge < -0.3 is 10.0 Å². The molecule has 1 heterocycles. The van der Waals surface area contributed by atoms with Crippen LogP contribution in [0.15, 0.2) is 18.3 Å². The highest BCUT2D eigenvalue weighted by Gasteiger charge is 2.26. The first-order valence-electron chi connectivity index (χ1n) is 5.74. The molecular weight excluding hydrogens is 224 g/mol. The molecule has 1 saturated carbocycles. The molecule has 0 aromatic carbocycles. The molecule has 0 saturated heterocycles. The number of halogens is 1. The first-order chi connectivity index (χ1) is 7.86. The predicted molar refractivity (Wildman–Crippen MR) is 65.9 cm³/mol. The molecule has 0 radical (unpaired) electrons. The number of aliphatic hydroxyl groups is 1. The van der Waals surface area contributed by atoms with E-state index in [1.807, 2.05) is 12.1 Å². The molecule has 1 aliphatic rings. The standard InChI is InChI=1S/C12H17ClN2O/c13-9-10-3-2-6-14-12(10)15(7-8-16)11-4-1-5-11/h2-3,6,11,16H,1,4-5,7-9H2. The van der Waals surface area contributed by atoms with Crippen LogP contribution in [0.25, 0.3) is 0 Å². The van der Waals surface area contributed by atoms with Crippen molar-refractivity contribution in [2.45, 2.75) is 31.2 Å². The fourth-order valence-electron chi connectivity index (χ4n) is 2.06. The van der Waals surface area contributed by atoms with E-state index in [1.165, 1.54) is 19.3 Å². The molecule has 0 aliphatic heterocycles. The maximum atomic E-state index is 9.13. The number of pyridine rings is 1. The second kappa shape index (κ2) is 5.51. The van der Waals surface area contributed by atoms with Crippen molar-refractivity contribution in [3.63, 3.8) is 0 Å². The summed E-state index contributed by atoms with van der Waals surface area (Å²) in [6, 6.07) is 4.43. The van der Waals surface area contributed by atoms with Crippen molar-refractivity contribution in [3.8, 4) is 0 Å². The number of hydrogen-bond donors (Lipinski definition) is 1. The number of aliphatic hydroxyl groups excluding tert-OH is 1. The zero-order chi connectivity index (χ0) is 11.4. The maximum Gasteiger partial charge on any atom is 0.133 e. The first-order valence-corrected chi connectivity index (χ1v) is 6.27. The van der Waals surface area contributed by atoms with E-state index in [1.54, 1.807) is 6.20 Å². The van der Waals surface area contributed by atoms with E-state index in [9.17, 15) is 0 Å². The van der Waals surface area contributed by atoms with Crippen LogP contribution < -0.4 is 4.90 Å². The van der Waals surface area contributed by atoms with Crippen molar-refractivity contribution in [2.75, 3.05) is 18.1 Å². The van der Waals surface area contributed by atoms with Crippen LogP contribution in [-0.2, 0) is 5.88 Å². The van der Waals surface area contributed by atoms with Gasteiger partial charge in [0.25, 0.3) is 0 Å². The lowest BCUT2D eigenvalue weighted by molar-refractivity contribution is 0.283. The highest BCUT2D eigenvalue weighted by molar-refractivity contribution is 6.17. The number of anilines is 1. The maximum absolute atomic E-state index is 9.13. The van der Waals surface area contributed by atoms with E-state index >= 15 is 0 Å². The number of hydrogen-bond acceptors (Lipinski definition) is 3. The van der Waals surface area contributed by atoms with Gasteiger partial charge in [0.1, 0.15) is 5.82 Å². The highest BCUT2D eigenvalue weighted by atomic mass is 35.5. The molecule has 3 nitrogen and oxygen atoms in total. The molecule has 0 amide bonds. The summed E-state index contributed by atoms with van der Waals surface area (Å²) >= 11 is 5.91. The Morgan fingerprint density at radius 2 is 2.31 bits per heavy atom. The molecule has 0 atom stereocenters. The van der Waals surface area contributed by atoms with Gasteiger partial charge in [-0.15, -0.1) is 11.6 Å². The molecule has 1 aromatic rings. The highest BCUT2D eigenvalue weighted by Crippen LogP contribution is 2.30. The Labute approximate surface area is 101 Å². The summed E-state index contributed by atoms with van der Waals surface area (Å²) in [6.07, 6.45) is 5.45. The molecule has 88 valence electrons. The average Bonchev–Trinajstić information content (AvgIpc) is 2.26. The van der Waals surface area contributed by atoms with Gasteiger partial charge in [0.15, 0.2) is 0 Å². The smallest absolute Gasteiger partial charge is 0.133 e. The van der Waals surface area contributed by atoms with E-state index in [4.69, 9.17) is 16.7 Å². The minimum atomic E-state index is 0.162. The molecule has 1 fully saturated rings. The third kappa shape index (κ3) is 2.30. The van der Waals surface area contributed by atoms with E-state index in [2.05, 4.69) is 9.88 Å². The lowest BCUT2D eigenvalue weighted by atomic mass is 9.91. The fraction of sp³-hybridized carbons (Fsp3) is 0.583. The topological polar surface area (TPSA) is 36.4 Å². The fourth-order valence-corrected chi connectivity index (χ4v) is 2.27. The molecule has 1 aliphatic carbocycles. The van der Waals surface area contributed by atoms with Crippen molar-refractivity contribution < 1.29 is 5.11 Å². The van der Waals surface area contributed by atoms with Crippen LogP contribution in [0.4, 0.5) is 5.82 Å². The van der Waals surface area contributed by atoms with Crippen LogP contribution in [0.3, 0.4) is 0 Å².